The Balaban J connectivity index is 1.63. The van der Waals surface area contributed by atoms with Crippen LogP contribution in [0.5, 0.6) is 0 Å². The van der Waals surface area contributed by atoms with Gasteiger partial charge < -0.3 is 9.64 Å². The second-order valence-corrected chi connectivity index (χ2v) is 10.9. The molecule has 1 aliphatic rings. The van der Waals surface area contributed by atoms with E-state index in [1.807, 2.05) is 35.9 Å². The second-order valence-electron chi connectivity index (χ2n) is 7.61. The zero-order chi connectivity index (χ0) is 21.3. The third kappa shape index (κ3) is 4.28. The van der Waals surface area contributed by atoms with Gasteiger partial charge in [0.05, 0.1) is 35.2 Å². The number of fused-ring (bicyclic) bond motifs is 1. The van der Waals surface area contributed by atoms with Crippen LogP contribution in [0.3, 0.4) is 0 Å². The van der Waals surface area contributed by atoms with Gasteiger partial charge in [-0.3, -0.25) is 9.48 Å². The van der Waals surface area contributed by atoms with E-state index in [1.165, 1.54) is 11.3 Å². The van der Waals surface area contributed by atoms with E-state index < -0.39 is 9.84 Å². The molecule has 160 valence electrons. The number of aromatic nitrogens is 2. The number of ether oxygens (including phenoxy) is 1. The van der Waals surface area contributed by atoms with Crippen LogP contribution in [0.25, 0.3) is 10.2 Å². The third-order valence-electron chi connectivity index (χ3n) is 5.44. The van der Waals surface area contributed by atoms with Gasteiger partial charge in [-0.15, -0.1) is 11.3 Å². The van der Waals surface area contributed by atoms with Crippen molar-refractivity contribution in [1.82, 2.24) is 14.7 Å². The van der Waals surface area contributed by atoms with E-state index in [-0.39, 0.29) is 23.5 Å². The van der Waals surface area contributed by atoms with Crippen molar-refractivity contribution in [3.05, 3.63) is 52.5 Å². The fraction of sp³-hybridized carbons (Fsp3) is 0.429. The van der Waals surface area contributed by atoms with Gasteiger partial charge >= 0.3 is 0 Å². The Morgan fingerprint density at radius 1 is 1.33 bits per heavy atom. The normalized spacial score (nSPS) is 18.1. The first kappa shape index (κ1) is 21.0. The van der Waals surface area contributed by atoms with Gasteiger partial charge in [-0.05, 0) is 25.0 Å². The van der Waals surface area contributed by atoms with E-state index >= 15 is 0 Å². The Hall–Kier alpha value is -2.23. The monoisotopic (exact) mass is 447 g/mol. The van der Waals surface area contributed by atoms with Crippen LogP contribution in [0.15, 0.2) is 36.4 Å². The zero-order valence-electron chi connectivity index (χ0n) is 17.1. The summed E-state index contributed by atoms with van der Waals surface area (Å²) in [5.41, 5.74) is 2.02. The summed E-state index contributed by atoms with van der Waals surface area (Å²) >= 11 is 1.41. The van der Waals surface area contributed by atoms with Gasteiger partial charge in [0.1, 0.15) is 4.83 Å². The molecular formula is C21H25N3O4S2. The fourth-order valence-electron chi connectivity index (χ4n) is 3.88. The van der Waals surface area contributed by atoms with Crippen molar-refractivity contribution in [1.29, 1.82) is 0 Å². The molecular weight excluding hydrogens is 422 g/mol. The number of benzene rings is 1. The summed E-state index contributed by atoms with van der Waals surface area (Å²) in [6.07, 6.45) is 0.476. The van der Waals surface area contributed by atoms with Crippen molar-refractivity contribution in [2.45, 2.75) is 25.9 Å². The highest BCUT2D eigenvalue weighted by Gasteiger charge is 2.35. The number of carbonyl (C=O) groups excluding carboxylic acids is 1. The molecule has 0 saturated carbocycles. The molecule has 7 nitrogen and oxygen atoms in total. The van der Waals surface area contributed by atoms with Gasteiger partial charge in [0, 0.05) is 25.1 Å². The molecule has 4 rings (SSSR count). The average molecular weight is 448 g/mol. The van der Waals surface area contributed by atoms with Gasteiger partial charge in [0.25, 0.3) is 5.91 Å². The van der Waals surface area contributed by atoms with E-state index in [0.29, 0.717) is 31.0 Å². The lowest BCUT2D eigenvalue weighted by molar-refractivity contribution is 0.0629. The number of carbonyl (C=O) groups is 1. The summed E-state index contributed by atoms with van der Waals surface area (Å²) in [5, 5.41) is 5.60. The Morgan fingerprint density at radius 3 is 2.77 bits per heavy atom. The lowest BCUT2D eigenvalue weighted by Crippen LogP contribution is -2.42. The highest BCUT2D eigenvalue weighted by molar-refractivity contribution is 7.91. The Morgan fingerprint density at radius 2 is 2.10 bits per heavy atom. The number of thiophene rings is 1. The summed E-state index contributed by atoms with van der Waals surface area (Å²) < 4.78 is 31.0. The smallest absolute Gasteiger partial charge is 0.264 e. The highest BCUT2D eigenvalue weighted by Crippen LogP contribution is 2.31. The zero-order valence-corrected chi connectivity index (χ0v) is 18.7. The highest BCUT2D eigenvalue weighted by atomic mass is 32.2. The molecule has 0 aliphatic carbocycles. The molecule has 1 fully saturated rings. The van der Waals surface area contributed by atoms with Crippen LogP contribution in [-0.4, -0.2) is 66.8 Å². The van der Waals surface area contributed by atoms with Crippen molar-refractivity contribution < 1.29 is 17.9 Å². The van der Waals surface area contributed by atoms with E-state index in [2.05, 4.69) is 17.2 Å². The number of hydrogen-bond acceptors (Lipinski definition) is 6. The predicted molar refractivity (Wildman–Crippen MR) is 118 cm³/mol. The number of aryl methyl sites for hydroxylation is 1. The molecule has 1 aromatic carbocycles. The molecule has 30 heavy (non-hydrogen) atoms. The summed E-state index contributed by atoms with van der Waals surface area (Å²) in [4.78, 5) is 16.6. The lowest BCUT2D eigenvalue weighted by atomic mass is 10.2. The number of rotatable bonds is 7. The molecule has 1 atom stereocenters. The third-order valence-corrected chi connectivity index (χ3v) is 8.33. The van der Waals surface area contributed by atoms with E-state index in [9.17, 15) is 13.2 Å². The maximum Gasteiger partial charge on any atom is 0.264 e. The van der Waals surface area contributed by atoms with Crippen LogP contribution in [0.2, 0.25) is 0 Å². The fourth-order valence-corrected chi connectivity index (χ4v) is 6.73. The van der Waals surface area contributed by atoms with Crippen LogP contribution in [0.1, 0.15) is 27.3 Å². The molecule has 3 heterocycles. The van der Waals surface area contributed by atoms with Crippen LogP contribution >= 0.6 is 11.3 Å². The van der Waals surface area contributed by atoms with Crippen molar-refractivity contribution in [2.75, 3.05) is 31.8 Å². The molecule has 2 aromatic heterocycles. The predicted octanol–water partition coefficient (Wildman–Crippen LogP) is 2.73. The minimum absolute atomic E-state index is 0.0220. The van der Waals surface area contributed by atoms with Crippen LogP contribution in [0, 0.1) is 6.92 Å². The van der Waals surface area contributed by atoms with E-state index in [0.717, 1.165) is 21.5 Å². The Labute approximate surface area is 180 Å². The number of hydrogen-bond donors (Lipinski definition) is 0. The van der Waals surface area contributed by atoms with Gasteiger partial charge in [0.2, 0.25) is 0 Å². The molecule has 9 heteroatoms. The lowest BCUT2D eigenvalue weighted by Gasteiger charge is -2.27. The van der Waals surface area contributed by atoms with Gasteiger partial charge in [-0.1, -0.05) is 30.3 Å². The molecule has 1 unspecified atom stereocenters. The summed E-state index contributed by atoms with van der Waals surface area (Å²) in [7, 11) is -1.51. The number of amides is 1. The number of nitrogens with zero attached hydrogens (tertiary/aromatic N) is 3. The molecule has 1 amide bonds. The van der Waals surface area contributed by atoms with Crippen molar-refractivity contribution >= 4 is 37.3 Å². The standard InChI is InChI=1S/C21H25N3O4S2/c1-15-18-12-19(29-21(18)24(22-15)13-16-6-4-3-5-7-16)20(25)23(9-10-28-2)17-8-11-30(26,27)14-17/h3-7,12,17H,8-11,13-14H2,1-2H3. The molecule has 1 aliphatic heterocycles. The van der Waals surface area contributed by atoms with Crippen LogP contribution in [0.4, 0.5) is 0 Å². The summed E-state index contributed by atoms with van der Waals surface area (Å²) in [6, 6.07) is 11.7. The average Bonchev–Trinajstić information content (AvgIpc) is 3.39. The van der Waals surface area contributed by atoms with Crippen molar-refractivity contribution in [3.8, 4) is 0 Å². The van der Waals surface area contributed by atoms with Gasteiger partial charge in [0.15, 0.2) is 9.84 Å². The number of methoxy groups -OCH3 is 1. The minimum atomic E-state index is -3.09. The molecule has 0 bridgehead atoms. The molecule has 1 saturated heterocycles. The topological polar surface area (TPSA) is 81.5 Å². The van der Waals surface area contributed by atoms with Crippen molar-refractivity contribution in [3.63, 3.8) is 0 Å². The van der Waals surface area contributed by atoms with Crippen LogP contribution in [-0.2, 0) is 21.1 Å². The molecule has 0 N–H and O–H groups in total. The minimum Gasteiger partial charge on any atom is -0.383 e. The maximum atomic E-state index is 13.4. The van der Waals surface area contributed by atoms with Crippen LogP contribution < -0.4 is 0 Å². The largest absolute Gasteiger partial charge is 0.383 e. The first-order valence-electron chi connectivity index (χ1n) is 9.89. The van der Waals surface area contributed by atoms with E-state index in [4.69, 9.17) is 4.74 Å². The molecule has 0 spiro atoms. The van der Waals surface area contributed by atoms with Gasteiger partial charge in [-0.2, -0.15) is 5.10 Å². The van der Waals surface area contributed by atoms with Crippen molar-refractivity contribution in [2.24, 2.45) is 0 Å². The number of sulfone groups is 1. The summed E-state index contributed by atoms with van der Waals surface area (Å²) in [5.74, 6) is 0.0150. The first-order valence-corrected chi connectivity index (χ1v) is 12.5. The Kier molecular flexibility index (Phi) is 5.95. The molecule has 0 radical (unpaired) electrons. The summed E-state index contributed by atoms with van der Waals surface area (Å²) in [6.45, 7) is 3.32. The maximum absolute atomic E-state index is 13.4. The molecule has 3 aromatic rings. The SMILES string of the molecule is COCCN(C(=O)c1cc2c(C)nn(Cc3ccccc3)c2s1)C1CCS(=O)(=O)C1. The van der Waals surface area contributed by atoms with Gasteiger partial charge in [-0.25, -0.2) is 8.42 Å². The Bertz CT molecular complexity index is 1150. The second kappa shape index (κ2) is 8.49. The van der Waals surface area contributed by atoms with E-state index in [1.54, 1.807) is 12.0 Å². The quantitative estimate of drug-likeness (QED) is 0.556. The first-order chi connectivity index (χ1) is 14.4.